The van der Waals surface area contributed by atoms with Crippen molar-refractivity contribution < 1.29 is 9.59 Å². The van der Waals surface area contributed by atoms with Gasteiger partial charge in [-0.15, -0.1) is 11.3 Å². The second-order valence-electron chi connectivity index (χ2n) is 7.82. The molecule has 0 radical (unpaired) electrons. The number of piperidine rings is 1. The molecule has 2 aromatic rings. The van der Waals surface area contributed by atoms with Crippen LogP contribution < -0.4 is 5.32 Å². The van der Waals surface area contributed by atoms with Gasteiger partial charge in [-0.25, -0.2) is 9.78 Å². The largest absolute Gasteiger partial charge is 0.343 e. The summed E-state index contributed by atoms with van der Waals surface area (Å²) in [5.41, 5.74) is 1.26. The Morgan fingerprint density at radius 2 is 1.90 bits per heavy atom. The van der Waals surface area contributed by atoms with Gasteiger partial charge >= 0.3 is 6.03 Å². The number of rotatable bonds is 3. The number of hydrogen-bond acceptors (Lipinski definition) is 5. The molecular formula is C21H27N5O2S. The fourth-order valence-electron chi connectivity index (χ4n) is 4.32. The third-order valence-corrected chi connectivity index (χ3v) is 6.80. The van der Waals surface area contributed by atoms with Gasteiger partial charge in [0.05, 0.1) is 10.7 Å². The van der Waals surface area contributed by atoms with E-state index in [4.69, 9.17) is 0 Å². The number of nitrogens with one attached hydrogen (secondary N) is 1. The summed E-state index contributed by atoms with van der Waals surface area (Å²) in [6.07, 6.45) is 1.28. The van der Waals surface area contributed by atoms with Crippen LogP contribution >= 0.6 is 11.3 Å². The molecule has 0 unspecified atom stereocenters. The molecule has 0 aliphatic carbocycles. The van der Waals surface area contributed by atoms with E-state index in [-0.39, 0.29) is 11.9 Å². The molecule has 4 rings (SSSR count). The average molecular weight is 414 g/mol. The summed E-state index contributed by atoms with van der Waals surface area (Å²) in [4.78, 5) is 36.4. The number of piperazine rings is 1. The van der Waals surface area contributed by atoms with Crippen LogP contribution in [0.5, 0.6) is 0 Å². The van der Waals surface area contributed by atoms with Gasteiger partial charge in [0, 0.05) is 50.8 Å². The minimum Gasteiger partial charge on any atom is -0.343 e. The number of carbonyl (C=O) groups is 2. The zero-order chi connectivity index (χ0) is 20.4. The lowest BCUT2D eigenvalue weighted by Gasteiger charge is -2.52. The van der Waals surface area contributed by atoms with Crippen molar-refractivity contribution in [2.75, 3.05) is 38.5 Å². The molecule has 7 nitrogen and oxygen atoms in total. The second kappa shape index (κ2) is 8.12. The minimum atomic E-state index is -0.548. The quantitative estimate of drug-likeness (QED) is 0.840. The molecule has 2 fully saturated rings. The van der Waals surface area contributed by atoms with Crippen molar-refractivity contribution in [1.29, 1.82) is 0 Å². The topological polar surface area (TPSA) is 68.8 Å². The highest BCUT2D eigenvalue weighted by Gasteiger charge is 2.50. The first-order valence-electron chi connectivity index (χ1n) is 10.0. The Kier molecular flexibility index (Phi) is 5.56. The molecule has 1 aromatic heterocycles. The Balaban J connectivity index is 1.46. The molecule has 2 saturated heterocycles. The van der Waals surface area contributed by atoms with E-state index in [1.807, 2.05) is 54.1 Å². The Labute approximate surface area is 175 Å². The van der Waals surface area contributed by atoms with E-state index >= 15 is 0 Å². The Hall–Kier alpha value is -2.45. The molecule has 0 saturated carbocycles. The monoisotopic (exact) mass is 413 g/mol. The molecule has 3 heterocycles. The molecule has 1 aromatic carbocycles. The molecule has 29 heavy (non-hydrogen) atoms. The van der Waals surface area contributed by atoms with Gasteiger partial charge in [0.1, 0.15) is 5.54 Å². The molecular weight excluding hydrogens is 386 g/mol. The van der Waals surface area contributed by atoms with Gasteiger partial charge in [-0.3, -0.25) is 9.69 Å². The number of amides is 3. The fraction of sp³-hybridized carbons (Fsp3) is 0.476. The highest BCUT2D eigenvalue weighted by molar-refractivity contribution is 7.09. The SMILES string of the molecule is Cc1nc(CN2CCN(C)C(=O)C23CCN(C(=O)Nc2ccccc2)CC3)cs1. The zero-order valence-electron chi connectivity index (χ0n) is 16.9. The maximum Gasteiger partial charge on any atom is 0.321 e. The van der Waals surface area contributed by atoms with Gasteiger partial charge in [-0.05, 0) is 31.9 Å². The number of hydrogen-bond donors (Lipinski definition) is 1. The van der Waals surface area contributed by atoms with Crippen LogP contribution in [0, 0.1) is 6.92 Å². The number of thiazole rings is 1. The van der Waals surface area contributed by atoms with E-state index in [1.165, 1.54) is 0 Å². The van der Waals surface area contributed by atoms with Gasteiger partial charge in [0.15, 0.2) is 0 Å². The number of likely N-dealkylation sites (tertiary alicyclic amines) is 1. The van der Waals surface area contributed by atoms with Crippen LogP contribution in [-0.4, -0.2) is 70.4 Å². The minimum absolute atomic E-state index is 0.107. The molecule has 2 aliphatic heterocycles. The Morgan fingerprint density at radius 1 is 1.17 bits per heavy atom. The lowest BCUT2D eigenvalue weighted by molar-refractivity contribution is -0.154. The van der Waals surface area contributed by atoms with E-state index < -0.39 is 5.54 Å². The number of aryl methyl sites for hydroxylation is 1. The average Bonchev–Trinajstić information content (AvgIpc) is 3.14. The third-order valence-electron chi connectivity index (χ3n) is 5.98. The summed E-state index contributed by atoms with van der Waals surface area (Å²) in [5.74, 6) is 0.166. The molecule has 8 heteroatoms. The standard InChI is InChI=1S/C21H27N5O2S/c1-16-22-18(15-29-16)14-26-13-12-24(2)19(27)21(26)8-10-25(11-9-21)20(28)23-17-6-4-3-5-7-17/h3-7,15H,8-14H2,1-2H3,(H,23,28). The van der Waals surface area contributed by atoms with Crippen LogP contribution in [0.3, 0.4) is 0 Å². The van der Waals surface area contributed by atoms with Crippen LogP contribution in [0.2, 0.25) is 0 Å². The normalized spacial score (nSPS) is 19.6. The molecule has 1 N–H and O–H groups in total. The summed E-state index contributed by atoms with van der Waals surface area (Å²) in [6.45, 7) is 5.36. The molecule has 1 spiro atoms. The first kappa shape index (κ1) is 19.8. The molecule has 154 valence electrons. The summed E-state index contributed by atoms with van der Waals surface area (Å²) in [6, 6.07) is 9.36. The number of aromatic nitrogens is 1. The van der Waals surface area contributed by atoms with E-state index in [0.717, 1.165) is 29.5 Å². The van der Waals surface area contributed by atoms with Crippen molar-refractivity contribution in [3.8, 4) is 0 Å². The van der Waals surface area contributed by atoms with Gasteiger partial charge in [-0.2, -0.15) is 0 Å². The van der Waals surface area contributed by atoms with Crippen molar-refractivity contribution in [3.05, 3.63) is 46.4 Å². The molecule has 0 atom stereocenters. The summed E-state index contributed by atoms with van der Waals surface area (Å²) in [7, 11) is 1.88. The highest BCUT2D eigenvalue weighted by atomic mass is 32.1. The van der Waals surface area contributed by atoms with Gasteiger partial charge in [0.2, 0.25) is 5.91 Å². The molecule has 2 aliphatic rings. The molecule has 3 amide bonds. The summed E-state index contributed by atoms with van der Waals surface area (Å²) in [5, 5.41) is 6.07. The lowest BCUT2D eigenvalue weighted by atomic mass is 9.82. The number of likely N-dealkylation sites (N-methyl/N-ethyl adjacent to an activating group) is 1. The third kappa shape index (κ3) is 4.00. The zero-order valence-corrected chi connectivity index (χ0v) is 17.7. The fourth-order valence-corrected chi connectivity index (χ4v) is 4.92. The second-order valence-corrected chi connectivity index (χ2v) is 8.88. The number of anilines is 1. The van der Waals surface area contributed by atoms with E-state index in [1.54, 1.807) is 11.3 Å². The van der Waals surface area contributed by atoms with Crippen LogP contribution in [0.15, 0.2) is 35.7 Å². The van der Waals surface area contributed by atoms with Crippen molar-refractivity contribution in [3.63, 3.8) is 0 Å². The maximum atomic E-state index is 13.2. The first-order valence-corrected chi connectivity index (χ1v) is 10.9. The van der Waals surface area contributed by atoms with E-state index in [9.17, 15) is 9.59 Å². The summed E-state index contributed by atoms with van der Waals surface area (Å²) >= 11 is 1.64. The Bertz CT molecular complexity index is 876. The van der Waals surface area contributed by atoms with Gasteiger partial charge < -0.3 is 15.1 Å². The van der Waals surface area contributed by atoms with Crippen molar-refractivity contribution in [2.24, 2.45) is 0 Å². The Morgan fingerprint density at radius 3 is 2.55 bits per heavy atom. The van der Waals surface area contributed by atoms with Crippen LogP contribution in [0.25, 0.3) is 0 Å². The van der Waals surface area contributed by atoms with Crippen LogP contribution in [-0.2, 0) is 11.3 Å². The van der Waals surface area contributed by atoms with Crippen molar-refractivity contribution >= 4 is 29.0 Å². The van der Waals surface area contributed by atoms with Crippen molar-refractivity contribution in [1.82, 2.24) is 19.7 Å². The number of urea groups is 1. The van der Waals surface area contributed by atoms with Gasteiger partial charge in [-0.1, -0.05) is 18.2 Å². The van der Waals surface area contributed by atoms with Crippen LogP contribution in [0.4, 0.5) is 10.5 Å². The van der Waals surface area contributed by atoms with Gasteiger partial charge in [0.25, 0.3) is 0 Å². The lowest BCUT2D eigenvalue weighted by Crippen LogP contribution is -2.68. The highest BCUT2D eigenvalue weighted by Crippen LogP contribution is 2.35. The molecule has 0 bridgehead atoms. The first-order chi connectivity index (χ1) is 14.0. The van der Waals surface area contributed by atoms with Crippen molar-refractivity contribution in [2.45, 2.75) is 31.8 Å². The summed E-state index contributed by atoms with van der Waals surface area (Å²) < 4.78 is 0. The predicted molar refractivity (Wildman–Crippen MR) is 114 cm³/mol. The van der Waals surface area contributed by atoms with Crippen LogP contribution in [0.1, 0.15) is 23.5 Å². The van der Waals surface area contributed by atoms with E-state index in [2.05, 4.69) is 20.6 Å². The predicted octanol–water partition coefficient (Wildman–Crippen LogP) is 2.79. The number of benzene rings is 1. The smallest absolute Gasteiger partial charge is 0.321 e. The van der Waals surface area contributed by atoms with E-state index in [0.29, 0.717) is 32.5 Å². The number of carbonyl (C=O) groups excluding carboxylic acids is 2. The number of nitrogens with zero attached hydrogens (tertiary/aromatic N) is 4. The number of para-hydroxylation sites is 1. The maximum absolute atomic E-state index is 13.2.